The van der Waals surface area contributed by atoms with Crippen LogP contribution in [0.3, 0.4) is 0 Å². The Kier molecular flexibility index (Phi) is 3.31. The molecule has 0 fully saturated rings. The van der Waals surface area contributed by atoms with E-state index in [2.05, 4.69) is 0 Å². The smallest absolute Gasteiger partial charge is 0.123 e. The van der Waals surface area contributed by atoms with Crippen LogP contribution in [0.25, 0.3) is 0 Å². The lowest BCUT2D eigenvalue weighted by Gasteiger charge is -2.25. The number of aryl methyl sites for hydroxylation is 2. The van der Waals surface area contributed by atoms with Crippen LogP contribution >= 0.6 is 11.6 Å². The normalized spacial score (nSPS) is 21.0. The van der Waals surface area contributed by atoms with Crippen LogP contribution in [-0.4, -0.2) is 5.11 Å². The van der Waals surface area contributed by atoms with Crippen molar-refractivity contribution in [2.45, 2.75) is 31.8 Å². The summed E-state index contributed by atoms with van der Waals surface area (Å²) in [6.45, 7) is 1.98. The molecule has 0 saturated heterocycles. The summed E-state index contributed by atoms with van der Waals surface area (Å²) in [7, 11) is 0. The van der Waals surface area contributed by atoms with Crippen molar-refractivity contribution < 1.29 is 9.50 Å². The van der Waals surface area contributed by atoms with Gasteiger partial charge in [-0.1, -0.05) is 29.8 Å². The first-order chi connectivity index (χ1) is 9.48. The Labute approximate surface area is 123 Å². The summed E-state index contributed by atoms with van der Waals surface area (Å²) in [5.74, 6) is -0.249. The van der Waals surface area contributed by atoms with Gasteiger partial charge in [0.15, 0.2) is 0 Å². The van der Waals surface area contributed by atoms with Crippen molar-refractivity contribution in [2.75, 3.05) is 0 Å². The molecule has 1 N–H and O–H groups in total. The Balaban J connectivity index is 1.96. The number of hydrogen-bond acceptors (Lipinski definition) is 1. The second-order valence-corrected chi connectivity index (χ2v) is 6.01. The molecule has 3 heteroatoms. The summed E-state index contributed by atoms with van der Waals surface area (Å²) in [6.07, 6.45) is 1.77. The lowest BCUT2D eigenvalue weighted by atomic mass is 9.88. The second-order valence-electron chi connectivity index (χ2n) is 5.60. The number of hydrogen-bond donors (Lipinski definition) is 1. The molecule has 0 heterocycles. The van der Waals surface area contributed by atoms with Gasteiger partial charge in [0.25, 0.3) is 0 Å². The Morgan fingerprint density at radius 3 is 2.80 bits per heavy atom. The molecule has 0 radical (unpaired) electrons. The predicted octanol–water partition coefficient (Wildman–Crippen LogP) is 4.16. The van der Waals surface area contributed by atoms with Crippen molar-refractivity contribution in [3.8, 4) is 0 Å². The third kappa shape index (κ3) is 2.34. The maximum Gasteiger partial charge on any atom is 0.123 e. The van der Waals surface area contributed by atoms with Crippen molar-refractivity contribution in [1.29, 1.82) is 0 Å². The zero-order valence-corrected chi connectivity index (χ0v) is 12.0. The van der Waals surface area contributed by atoms with Crippen LogP contribution in [0.5, 0.6) is 0 Å². The van der Waals surface area contributed by atoms with E-state index in [0.717, 1.165) is 22.3 Å². The van der Waals surface area contributed by atoms with Crippen molar-refractivity contribution in [2.24, 2.45) is 0 Å². The van der Waals surface area contributed by atoms with Gasteiger partial charge in [0.1, 0.15) is 5.82 Å². The molecule has 0 bridgehead atoms. The van der Waals surface area contributed by atoms with Crippen LogP contribution in [-0.2, 0) is 18.4 Å². The number of fused-ring (bicyclic) bond motifs is 1. The van der Waals surface area contributed by atoms with Crippen molar-refractivity contribution >= 4 is 11.6 Å². The van der Waals surface area contributed by atoms with E-state index in [1.807, 2.05) is 25.1 Å². The molecule has 1 unspecified atom stereocenters. The molecule has 0 aromatic heterocycles. The van der Waals surface area contributed by atoms with Crippen LogP contribution < -0.4 is 0 Å². The standard InChI is InChI=1S/C17H16ClFO/c1-11-2-3-13(16(18)8-11)10-17(20)7-6-12-9-14(19)4-5-15(12)17/h2-5,8-9,20H,6-7,10H2,1H3. The SMILES string of the molecule is Cc1ccc(CC2(O)CCc3cc(F)ccc32)c(Cl)c1. The molecular weight excluding hydrogens is 275 g/mol. The van der Waals surface area contributed by atoms with E-state index in [4.69, 9.17) is 11.6 Å². The van der Waals surface area contributed by atoms with E-state index in [9.17, 15) is 9.50 Å². The number of benzene rings is 2. The Hall–Kier alpha value is -1.38. The predicted molar refractivity (Wildman–Crippen MR) is 78.5 cm³/mol. The van der Waals surface area contributed by atoms with E-state index in [1.54, 1.807) is 6.07 Å². The highest BCUT2D eigenvalue weighted by atomic mass is 35.5. The fourth-order valence-electron chi connectivity index (χ4n) is 2.99. The zero-order valence-electron chi connectivity index (χ0n) is 11.3. The quantitative estimate of drug-likeness (QED) is 0.880. The number of aliphatic hydroxyl groups is 1. The monoisotopic (exact) mass is 290 g/mol. The molecule has 0 amide bonds. The highest BCUT2D eigenvalue weighted by Gasteiger charge is 2.37. The van der Waals surface area contributed by atoms with Crippen LogP contribution in [0.1, 0.15) is 28.7 Å². The van der Waals surface area contributed by atoms with Gasteiger partial charge < -0.3 is 5.11 Å². The average molecular weight is 291 g/mol. The first-order valence-corrected chi connectivity index (χ1v) is 7.12. The van der Waals surface area contributed by atoms with Crippen molar-refractivity contribution in [3.63, 3.8) is 0 Å². The molecule has 1 atom stereocenters. The summed E-state index contributed by atoms with van der Waals surface area (Å²) in [6, 6.07) is 10.5. The van der Waals surface area contributed by atoms with Crippen LogP contribution in [0.2, 0.25) is 5.02 Å². The first kappa shape index (κ1) is 13.6. The molecule has 1 aliphatic rings. The fourth-order valence-corrected chi connectivity index (χ4v) is 3.30. The van der Waals surface area contributed by atoms with Gasteiger partial charge in [-0.15, -0.1) is 0 Å². The molecule has 3 rings (SSSR count). The summed E-state index contributed by atoms with van der Waals surface area (Å²) < 4.78 is 13.2. The van der Waals surface area contributed by atoms with Crippen LogP contribution in [0.15, 0.2) is 36.4 Å². The second kappa shape index (κ2) is 4.87. The summed E-state index contributed by atoms with van der Waals surface area (Å²) in [5, 5.41) is 11.6. The minimum absolute atomic E-state index is 0.249. The van der Waals surface area contributed by atoms with Crippen molar-refractivity contribution in [3.05, 3.63) is 69.5 Å². The summed E-state index contributed by atoms with van der Waals surface area (Å²) >= 11 is 6.25. The molecular formula is C17H16ClFO. The highest BCUT2D eigenvalue weighted by molar-refractivity contribution is 6.31. The van der Waals surface area contributed by atoms with Crippen LogP contribution in [0.4, 0.5) is 4.39 Å². The molecule has 0 aliphatic heterocycles. The van der Waals surface area contributed by atoms with E-state index in [1.165, 1.54) is 12.1 Å². The minimum Gasteiger partial charge on any atom is -0.385 e. The van der Waals surface area contributed by atoms with Gasteiger partial charge in [-0.25, -0.2) is 4.39 Å². The lowest BCUT2D eigenvalue weighted by Crippen LogP contribution is -2.25. The molecule has 2 aromatic carbocycles. The minimum atomic E-state index is -0.943. The summed E-state index contributed by atoms with van der Waals surface area (Å²) in [5.41, 5.74) is 2.81. The van der Waals surface area contributed by atoms with E-state index in [-0.39, 0.29) is 5.82 Å². The van der Waals surface area contributed by atoms with Gasteiger partial charge >= 0.3 is 0 Å². The van der Waals surface area contributed by atoms with Gasteiger partial charge in [0.2, 0.25) is 0 Å². The van der Waals surface area contributed by atoms with Gasteiger partial charge in [0.05, 0.1) is 5.60 Å². The molecule has 1 aliphatic carbocycles. The van der Waals surface area contributed by atoms with E-state index >= 15 is 0 Å². The number of rotatable bonds is 2. The van der Waals surface area contributed by atoms with Gasteiger partial charge in [0, 0.05) is 11.4 Å². The van der Waals surface area contributed by atoms with E-state index < -0.39 is 5.60 Å². The largest absolute Gasteiger partial charge is 0.385 e. The lowest BCUT2D eigenvalue weighted by molar-refractivity contribution is 0.0389. The fraction of sp³-hybridized carbons (Fsp3) is 0.294. The molecule has 104 valence electrons. The average Bonchev–Trinajstić information content (AvgIpc) is 2.70. The molecule has 2 aromatic rings. The highest BCUT2D eigenvalue weighted by Crippen LogP contribution is 2.40. The maximum absolute atomic E-state index is 13.2. The zero-order chi connectivity index (χ0) is 14.3. The number of halogens is 2. The van der Waals surface area contributed by atoms with Gasteiger partial charge in [-0.2, -0.15) is 0 Å². The van der Waals surface area contributed by atoms with Gasteiger partial charge in [-0.05, 0) is 60.2 Å². The third-order valence-electron chi connectivity index (χ3n) is 4.07. The summed E-state index contributed by atoms with van der Waals surface area (Å²) in [4.78, 5) is 0. The third-order valence-corrected chi connectivity index (χ3v) is 4.42. The molecule has 1 nitrogen and oxygen atoms in total. The maximum atomic E-state index is 13.2. The van der Waals surface area contributed by atoms with Crippen LogP contribution in [0, 0.1) is 12.7 Å². The van der Waals surface area contributed by atoms with Gasteiger partial charge in [-0.3, -0.25) is 0 Å². The van der Waals surface area contributed by atoms with Crippen molar-refractivity contribution in [1.82, 2.24) is 0 Å². The Morgan fingerprint density at radius 2 is 2.05 bits per heavy atom. The topological polar surface area (TPSA) is 20.2 Å². The molecule has 20 heavy (non-hydrogen) atoms. The molecule has 0 saturated carbocycles. The molecule has 0 spiro atoms. The van der Waals surface area contributed by atoms with E-state index in [0.29, 0.717) is 24.3 Å². The Bertz CT molecular complexity index is 668. The first-order valence-electron chi connectivity index (χ1n) is 6.74. The Morgan fingerprint density at radius 1 is 1.25 bits per heavy atom.